The number of carbonyl (C=O) groups is 1. The van der Waals surface area contributed by atoms with E-state index in [0.29, 0.717) is 23.2 Å². The minimum atomic E-state index is -0.893. The van der Waals surface area contributed by atoms with Crippen LogP contribution in [0.5, 0.6) is 0 Å². The number of anilines is 1. The van der Waals surface area contributed by atoms with E-state index in [2.05, 4.69) is 16.9 Å². The molecule has 5 heteroatoms. The van der Waals surface area contributed by atoms with Crippen molar-refractivity contribution in [1.82, 2.24) is 9.78 Å². The standard InChI is InChI=1S/C14H23N3O2/c1-9-7-5-6-8-11(9)16(3)13-12(14(18)19)10(2)15-17(13)4/h9,11H,5-8H2,1-4H3,(H,18,19). The van der Waals surface area contributed by atoms with Crippen molar-refractivity contribution in [3.63, 3.8) is 0 Å². The third-order valence-corrected chi connectivity index (χ3v) is 4.30. The van der Waals surface area contributed by atoms with Crippen LogP contribution in [0.15, 0.2) is 0 Å². The minimum absolute atomic E-state index is 0.336. The molecule has 0 aliphatic heterocycles. The van der Waals surface area contributed by atoms with Gasteiger partial charge in [0.2, 0.25) is 0 Å². The number of rotatable bonds is 3. The highest BCUT2D eigenvalue weighted by Crippen LogP contribution is 2.32. The molecule has 2 rings (SSSR count). The lowest BCUT2D eigenvalue weighted by atomic mass is 9.85. The van der Waals surface area contributed by atoms with Crippen LogP contribution in [0.1, 0.15) is 48.7 Å². The van der Waals surface area contributed by atoms with Crippen molar-refractivity contribution in [2.75, 3.05) is 11.9 Å². The molecule has 0 spiro atoms. The van der Waals surface area contributed by atoms with E-state index >= 15 is 0 Å². The molecule has 1 N–H and O–H groups in total. The van der Waals surface area contributed by atoms with E-state index in [1.165, 1.54) is 19.3 Å². The van der Waals surface area contributed by atoms with Gasteiger partial charge in [-0.05, 0) is 25.7 Å². The molecule has 1 heterocycles. The maximum atomic E-state index is 11.4. The first-order chi connectivity index (χ1) is 8.93. The van der Waals surface area contributed by atoms with Crippen LogP contribution in [0.2, 0.25) is 0 Å². The van der Waals surface area contributed by atoms with Gasteiger partial charge in [0, 0.05) is 20.1 Å². The van der Waals surface area contributed by atoms with Gasteiger partial charge in [-0.1, -0.05) is 19.8 Å². The van der Waals surface area contributed by atoms with E-state index < -0.39 is 5.97 Å². The highest BCUT2D eigenvalue weighted by atomic mass is 16.4. The Labute approximate surface area is 114 Å². The van der Waals surface area contributed by atoms with Crippen LogP contribution < -0.4 is 4.90 Å². The number of carboxylic acids is 1. The van der Waals surface area contributed by atoms with E-state index in [-0.39, 0.29) is 0 Å². The second-order valence-electron chi connectivity index (χ2n) is 5.65. The molecule has 19 heavy (non-hydrogen) atoms. The largest absolute Gasteiger partial charge is 0.477 e. The Hall–Kier alpha value is -1.52. The topological polar surface area (TPSA) is 58.4 Å². The van der Waals surface area contributed by atoms with Gasteiger partial charge in [0.25, 0.3) is 0 Å². The molecule has 1 aliphatic carbocycles. The number of hydrogen-bond acceptors (Lipinski definition) is 3. The van der Waals surface area contributed by atoms with Crippen LogP contribution >= 0.6 is 0 Å². The van der Waals surface area contributed by atoms with Gasteiger partial charge in [-0.15, -0.1) is 0 Å². The number of hydrogen-bond donors (Lipinski definition) is 1. The maximum absolute atomic E-state index is 11.4. The lowest BCUT2D eigenvalue weighted by Gasteiger charge is -2.37. The summed E-state index contributed by atoms with van der Waals surface area (Å²) in [4.78, 5) is 13.6. The van der Waals surface area contributed by atoms with E-state index in [4.69, 9.17) is 0 Å². The van der Waals surface area contributed by atoms with Crippen LogP contribution in [0, 0.1) is 12.8 Å². The lowest BCUT2D eigenvalue weighted by molar-refractivity contribution is 0.0696. The zero-order chi connectivity index (χ0) is 14.2. The van der Waals surface area contributed by atoms with Crippen LogP contribution in [-0.4, -0.2) is 33.9 Å². The summed E-state index contributed by atoms with van der Waals surface area (Å²) in [5.41, 5.74) is 0.920. The summed E-state index contributed by atoms with van der Waals surface area (Å²) < 4.78 is 1.69. The van der Waals surface area contributed by atoms with Gasteiger partial charge in [0.05, 0.1) is 5.69 Å². The molecule has 5 nitrogen and oxygen atoms in total. The Balaban J connectivity index is 2.37. The fourth-order valence-electron chi connectivity index (χ4n) is 3.33. The Bertz CT molecular complexity index is 481. The first-order valence-electron chi connectivity index (χ1n) is 6.93. The van der Waals surface area contributed by atoms with Gasteiger partial charge >= 0.3 is 5.97 Å². The zero-order valence-electron chi connectivity index (χ0n) is 12.2. The first kappa shape index (κ1) is 13.9. The second-order valence-corrected chi connectivity index (χ2v) is 5.65. The predicted molar refractivity (Wildman–Crippen MR) is 74.7 cm³/mol. The summed E-state index contributed by atoms with van der Waals surface area (Å²) in [5, 5.41) is 13.7. The Morgan fingerprint density at radius 2 is 2.05 bits per heavy atom. The summed E-state index contributed by atoms with van der Waals surface area (Å²) in [5.74, 6) is 0.426. The Morgan fingerprint density at radius 1 is 1.42 bits per heavy atom. The van der Waals surface area contributed by atoms with Crippen molar-refractivity contribution in [2.24, 2.45) is 13.0 Å². The molecule has 2 unspecified atom stereocenters. The van der Waals surface area contributed by atoms with Crippen molar-refractivity contribution in [3.05, 3.63) is 11.3 Å². The highest BCUT2D eigenvalue weighted by Gasteiger charge is 2.30. The lowest BCUT2D eigenvalue weighted by Crippen LogP contribution is -2.40. The van der Waals surface area contributed by atoms with Crippen LogP contribution in [-0.2, 0) is 7.05 Å². The molecule has 0 bridgehead atoms. The third kappa shape index (κ3) is 2.46. The molecule has 1 saturated carbocycles. The number of aromatic nitrogens is 2. The van der Waals surface area contributed by atoms with Gasteiger partial charge in [-0.3, -0.25) is 4.68 Å². The fraction of sp³-hybridized carbons (Fsp3) is 0.714. The number of carboxylic acid groups (broad SMARTS) is 1. The Kier molecular flexibility index (Phi) is 3.83. The quantitative estimate of drug-likeness (QED) is 0.912. The average Bonchev–Trinajstić information content (AvgIpc) is 2.64. The first-order valence-corrected chi connectivity index (χ1v) is 6.93. The summed E-state index contributed by atoms with van der Waals surface area (Å²) in [6.07, 6.45) is 4.84. The SMILES string of the molecule is Cc1nn(C)c(N(C)C2CCCCC2C)c1C(=O)O. The summed E-state index contributed by atoms with van der Waals surface area (Å²) in [6, 6.07) is 0.404. The highest BCUT2D eigenvalue weighted by molar-refractivity contribution is 5.94. The monoisotopic (exact) mass is 265 g/mol. The van der Waals surface area contributed by atoms with Gasteiger partial charge in [0.15, 0.2) is 0 Å². The molecule has 0 radical (unpaired) electrons. The van der Waals surface area contributed by atoms with Crippen molar-refractivity contribution >= 4 is 11.8 Å². The molecule has 0 saturated heterocycles. The second kappa shape index (κ2) is 5.23. The molecular formula is C14H23N3O2. The minimum Gasteiger partial charge on any atom is -0.477 e. The predicted octanol–water partition coefficient (Wildman–Crippen LogP) is 2.44. The fourth-order valence-corrected chi connectivity index (χ4v) is 3.33. The zero-order valence-corrected chi connectivity index (χ0v) is 12.2. The van der Waals surface area contributed by atoms with Crippen LogP contribution in [0.25, 0.3) is 0 Å². The van der Waals surface area contributed by atoms with E-state index in [1.54, 1.807) is 11.6 Å². The van der Waals surface area contributed by atoms with Gasteiger partial charge < -0.3 is 10.0 Å². The average molecular weight is 265 g/mol. The summed E-state index contributed by atoms with van der Waals surface area (Å²) >= 11 is 0. The van der Waals surface area contributed by atoms with Crippen molar-refractivity contribution < 1.29 is 9.90 Å². The molecule has 0 aromatic carbocycles. The van der Waals surface area contributed by atoms with E-state index in [1.807, 2.05) is 14.1 Å². The van der Waals surface area contributed by atoms with Crippen molar-refractivity contribution in [2.45, 2.75) is 45.6 Å². The summed E-state index contributed by atoms with van der Waals surface area (Å²) in [7, 11) is 3.81. The van der Waals surface area contributed by atoms with E-state index in [9.17, 15) is 9.90 Å². The number of aromatic carboxylic acids is 1. The molecule has 1 aromatic heterocycles. The van der Waals surface area contributed by atoms with Gasteiger partial charge in [-0.25, -0.2) is 4.79 Å². The van der Waals surface area contributed by atoms with Gasteiger partial charge in [-0.2, -0.15) is 5.10 Å². The van der Waals surface area contributed by atoms with Crippen LogP contribution in [0.4, 0.5) is 5.82 Å². The van der Waals surface area contributed by atoms with Crippen LogP contribution in [0.3, 0.4) is 0 Å². The van der Waals surface area contributed by atoms with Gasteiger partial charge in [0.1, 0.15) is 11.4 Å². The molecule has 1 aliphatic rings. The summed E-state index contributed by atoms with van der Waals surface area (Å²) in [6.45, 7) is 4.01. The molecule has 1 aromatic rings. The third-order valence-electron chi connectivity index (χ3n) is 4.30. The molecular weight excluding hydrogens is 242 g/mol. The molecule has 0 amide bonds. The van der Waals surface area contributed by atoms with Crippen molar-refractivity contribution in [3.8, 4) is 0 Å². The maximum Gasteiger partial charge on any atom is 0.341 e. The van der Waals surface area contributed by atoms with E-state index in [0.717, 1.165) is 12.2 Å². The molecule has 2 atom stereocenters. The molecule has 1 fully saturated rings. The van der Waals surface area contributed by atoms with Crippen molar-refractivity contribution in [1.29, 1.82) is 0 Å². The normalized spacial score (nSPS) is 23.4. The molecule has 106 valence electrons. The smallest absolute Gasteiger partial charge is 0.341 e. The number of nitrogens with zero attached hydrogens (tertiary/aromatic N) is 3. The Morgan fingerprint density at radius 3 is 2.63 bits per heavy atom. The number of aryl methyl sites for hydroxylation is 2.